The fraction of sp³-hybridized carbons (Fsp3) is 0.421. The minimum absolute atomic E-state index is 0.0649. The van der Waals surface area contributed by atoms with E-state index in [1.54, 1.807) is 0 Å². The number of hydrogen-bond acceptors (Lipinski definition) is 4. The lowest BCUT2D eigenvalue weighted by molar-refractivity contribution is 0.292. The van der Waals surface area contributed by atoms with Crippen molar-refractivity contribution >= 4 is 34.9 Å². The summed E-state index contributed by atoms with van der Waals surface area (Å²) in [6, 6.07) is 8.32. The summed E-state index contributed by atoms with van der Waals surface area (Å²) in [5.74, 6) is 0.411. The number of halogens is 2. The Kier molecular flexibility index (Phi) is 6.44. The van der Waals surface area contributed by atoms with Crippen molar-refractivity contribution < 1.29 is 9.13 Å². The van der Waals surface area contributed by atoms with E-state index < -0.39 is 0 Å². The molecule has 27 heavy (non-hydrogen) atoms. The van der Waals surface area contributed by atoms with Gasteiger partial charge in [-0.3, -0.25) is 0 Å². The summed E-state index contributed by atoms with van der Waals surface area (Å²) in [5.41, 5.74) is 1.07. The molecule has 0 spiro atoms. The first-order valence-electron chi connectivity index (χ1n) is 8.90. The number of rotatable bonds is 5. The summed E-state index contributed by atoms with van der Waals surface area (Å²) in [7, 11) is 1.51. The van der Waals surface area contributed by atoms with Crippen LogP contribution in [0.1, 0.15) is 37.7 Å². The van der Waals surface area contributed by atoms with E-state index in [4.69, 9.17) is 28.6 Å². The fourth-order valence-corrected chi connectivity index (χ4v) is 3.89. The largest absolute Gasteiger partial charge is 0.481 e. The van der Waals surface area contributed by atoms with E-state index >= 15 is 0 Å². The second-order valence-electron chi connectivity index (χ2n) is 6.71. The number of methoxy groups -OCH3 is 1. The fourth-order valence-electron chi connectivity index (χ4n) is 3.55. The number of thiocarbonyl (C=S) groups is 1. The highest BCUT2D eigenvalue weighted by Crippen LogP contribution is 2.39. The second kappa shape index (κ2) is 8.80. The predicted molar refractivity (Wildman–Crippen MR) is 109 cm³/mol. The average Bonchev–Trinajstić information content (AvgIpc) is 2.67. The summed E-state index contributed by atoms with van der Waals surface area (Å²) in [6.45, 7) is 0.655. The van der Waals surface area contributed by atoms with E-state index in [9.17, 15) is 4.39 Å². The van der Waals surface area contributed by atoms with Gasteiger partial charge in [0.1, 0.15) is 11.0 Å². The van der Waals surface area contributed by atoms with E-state index in [-0.39, 0.29) is 22.3 Å². The first-order chi connectivity index (χ1) is 13.0. The van der Waals surface area contributed by atoms with Crippen LogP contribution < -0.4 is 15.4 Å². The normalized spacial score (nSPS) is 15.8. The van der Waals surface area contributed by atoms with Crippen LogP contribution in [-0.4, -0.2) is 28.7 Å². The first-order valence-corrected chi connectivity index (χ1v) is 9.69. The number of benzene rings is 1. The van der Waals surface area contributed by atoms with Crippen LogP contribution in [0.3, 0.4) is 0 Å². The molecule has 1 aliphatic carbocycles. The van der Waals surface area contributed by atoms with Crippen LogP contribution in [0.15, 0.2) is 30.3 Å². The van der Waals surface area contributed by atoms with Gasteiger partial charge in [-0.1, -0.05) is 43.0 Å². The van der Waals surface area contributed by atoms with Crippen molar-refractivity contribution in [3.63, 3.8) is 0 Å². The minimum Gasteiger partial charge on any atom is -0.481 e. The van der Waals surface area contributed by atoms with Gasteiger partial charge in [0.15, 0.2) is 5.11 Å². The summed E-state index contributed by atoms with van der Waals surface area (Å²) in [6.07, 6.45) is 5.59. The number of anilines is 1. The monoisotopic (exact) mass is 408 g/mol. The van der Waals surface area contributed by atoms with Crippen LogP contribution in [0.25, 0.3) is 0 Å². The van der Waals surface area contributed by atoms with Crippen molar-refractivity contribution in [2.45, 2.75) is 37.5 Å². The van der Waals surface area contributed by atoms with Crippen molar-refractivity contribution in [3.05, 3.63) is 46.9 Å². The third-order valence-corrected chi connectivity index (χ3v) is 5.40. The van der Waals surface area contributed by atoms with Crippen LogP contribution in [-0.2, 0) is 5.41 Å². The molecule has 0 radical (unpaired) electrons. The Morgan fingerprint density at radius 3 is 2.59 bits per heavy atom. The highest BCUT2D eigenvalue weighted by atomic mass is 35.5. The molecule has 0 amide bonds. The van der Waals surface area contributed by atoms with E-state index in [1.807, 2.05) is 12.1 Å². The number of nitrogens with one attached hydrogen (secondary N) is 2. The van der Waals surface area contributed by atoms with Crippen molar-refractivity contribution in [3.8, 4) is 5.88 Å². The van der Waals surface area contributed by atoms with Gasteiger partial charge in [-0.05, 0) is 42.8 Å². The molecule has 0 bridgehead atoms. The SMILES string of the molecule is COc1cc(Cl)nc(NC(=S)NCC2(c3ccc(F)cc3)CCCCC2)n1. The van der Waals surface area contributed by atoms with Gasteiger partial charge in [-0.25, -0.2) is 9.37 Å². The summed E-state index contributed by atoms with van der Waals surface area (Å²) in [5, 5.41) is 6.90. The van der Waals surface area contributed by atoms with Crippen molar-refractivity contribution in [1.82, 2.24) is 15.3 Å². The Balaban J connectivity index is 1.69. The maximum atomic E-state index is 13.3. The van der Waals surface area contributed by atoms with Gasteiger partial charge in [0.2, 0.25) is 11.8 Å². The number of hydrogen-bond donors (Lipinski definition) is 2. The summed E-state index contributed by atoms with van der Waals surface area (Å²) in [4.78, 5) is 8.27. The topological polar surface area (TPSA) is 59.1 Å². The van der Waals surface area contributed by atoms with Gasteiger partial charge in [-0.2, -0.15) is 4.98 Å². The molecule has 3 rings (SSSR count). The van der Waals surface area contributed by atoms with Crippen LogP contribution in [0.4, 0.5) is 10.3 Å². The van der Waals surface area contributed by atoms with Gasteiger partial charge in [0.05, 0.1) is 7.11 Å². The quantitative estimate of drug-likeness (QED) is 0.562. The van der Waals surface area contributed by atoms with Crippen LogP contribution in [0.5, 0.6) is 5.88 Å². The smallest absolute Gasteiger partial charge is 0.233 e. The van der Waals surface area contributed by atoms with Crippen LogP contribution in [0, 0.1) is 5.82 Å². The number of aromatic nitrogens is 2. The predicted octanol–water partition coefficient (Wildman–Crippen LogP) is 4.47. The van der Waals surface area contributed by atoms with E-state index in [2.05, 4.69) is 20.6 Å². The zero-order valence-electron chi connectivity index (χ0n) is 15.1. The molecular weight excluding hydrogens is 387 g/mol. The molecule has 8 heteroatoms. The maximum Gasteiger partial charge on any atom is 0.233 e. The third kappa shape index (κ3) is 5.05. The zero-order chi connectivity index (χ0) is 19.3. The Hall–Kier alpha value is -1.99. The van der Waals surface area contributed by atoms with Gasteiger partial charge in [0.25, 0.3) is 0 Å². The molecule has 0 aliphatic heterocycles. The molecule has 1 heterocycles. The van der Waals surface area contributed by atoms with Crippen LogP contribution >= 0.6 is 23.8 Å². The molecule has 1 aliphatic rings. The molecule has 144 valence electrons. The lowest BCUT2D eigenvalue weighted by atomic mass is 9.69. The maximum absolute atomic E-state index is 13.3. The Bertz CT molecular complexity index is 797. The molecule has 2 N–H and O–H groups in total. The van der Waals surface area contributed by atoms with Gasteiger partial charge < -0.3 is 15.4 Å². The molecular formula is C19H22ClFN4OS. The average molecular weight is 409 g/mol. The van der Waals surface area contributed by atoms with Crippen LogP contribution in [0.2, 0.25) is 5.15 Å². The van der Waals surface area contributed by atoms with Gasteiger partial charge >= 0.3 is 0 Å². The minimum atomic E-state index is -0.220. The lowest BCUT2D eigenvalue weighted by Gasteiger charge is -2.38. The Morgan fingerprint density at radius 2 is 1.93 bits per heavy atom. The highest BCUT2D eigenvalue weighted by molar-refractivity contribution is 7.80. The van der Waals surface area contributed by atoms with Gasteiger partial charge in [0, 0.05) is 18.0 Å². The molecule has 0 unspecified atom stereocenters. The Morgan fingerprint density at radius 1 is 1.22 bits per heavy atom. The summed E-state index contributed by atoms with van der Waals surface area (Å²) >= 11 is 11.4. The molecule has 1 aromatic heterocycles. The Labute approximate surface area is 168 Å². The van der Waals surface area contributed by atoms with E-state index in [0.29, 0.717) is 17.5 Å². The third-order valence-electron chi connectivity index (χ3n) is 4.96. The second-order valence-corrected chi connectivity index (χ2v) is 7.51. The van der Waals surface area contributed by atoms with Crippen molar-refractivity contribution in [1.29, 1.82) is 0 Å². The lowest BCUT2D eigenvalue weighted by Crippen LogP contribution is -2.43. The molecule has 1 saturated carbocycles. The van der Waals surface area contributed by atoms with Crippen molar-refractivity contribution in [2.75, 3.05) is 19.0 Å². The van der Waals surface area contributed by atoms with E-state index in [1.165, 1.54) is 31.7 Å². The molecule has 2 aromatic rings. The van der Waals surface area contributed by atoms with E-state index in [0.717, 1.165) is 31.2 Å². The number of ether oxygens (including phenoxy) is 1. The van der Waals surface area contributed by atoms with Gasteiger partial charge in [-0.15, -0.1) is 0 Å². The molecule has 0 saturated heterocycles. The highest BCUT2D eigenvalue weighted by Gasteiger charge is 2.34. The molecule has 1 fully saturated rings. The summed E-state index contributed by atoms with van der Waals surface area (Å²) < 4.78 is 18.4. The number of nitrogens with zero attached hydrogens (tertiary/aromatic N) is 2. The molecule has 5 nitrogen and oxygen atoms in total. The first kappa shape index (κ1) is 19.8. The zero-order valence-corrected chi connectivity index (χ0v) is 16.7. The molecule has 1 aromatic carbocycles. The van der Waals surface area contributed by atoms with Crippen molar-refractivity contribution in [2.24, 2.45) is 0 Å². The standard InChI is InChI=1S/C19H22ClFN4OS/c1-26-16-11-15(20)23-17(24-16)25-18(27)22-12-19(9-3-2-4-10-19)13-5-7-14(21)8-6-13/h5-8,11H,2-4,9-10,12H2,1H3,(H2,22,23,24,25,27). The molecule has 0 atom stereocenters.